The van der Waals surface area contributed by atoms with E-state index in [-0.39, 0.29) is 0 Å². The molecule has 1 nitrogen and oxygen atoms in total. The van der Waals surface area contributed by atoms with Gasteiger partial charge in [-0.15, -0.1) is 0 Å². The highest BCUT2D eigenvalue weighted by atomic mass is 15.1. The molecule has 1 aliphatic rings. The number of hydrogen-bond donors (Lipinski definition) is 0. The van der Waals surface area contributed by atoms with Crippen molar-refractivity contribution in [3.63, 3.8) is 0 Å². The van der Waals surface area contributed by atoms with Crippen LogP contribution in [0.2, 0.25) is 0 Å². The lowest BCUT2D eigenvalue weighted by Crippen LogP contribution is -2.29. The summed E-state index contributed by atoms with van der Waals surface area (Å²) in [7, 11) is 0. The summed E-state index contributed by atoms with van der Waals surface area (Å²) in [6.07, 6.45) is 4.12. The predicted molar refractivity (Wildman–Crippen MR) is 81.0 cm³/mol. The van der Waals surface area contributed by atoms with Crippen LogP contribution in [0.4, 0.5) is 0 Å². The lowest BCUT2D eigenvalue weighted by atomic mass is 10.0. The molecule has 1 saturated heterocycles. The molecule has 0 bridgehead atoms. The molecular formula is C18H21N. The Bertz CT molecular complexity index is 512. The van der Waals surface area contributed by atoms with Crippen molar-refractivity contribution < 1.29 is 0 Å². The number of nitrogens with zero attached hydrogens (tertiary/aromatic N) is 1. The van der Waals surface area contributed by atoms with Gasteiger partial charge in [0.05, 0.1) is 0 Å². The number of benzene rings is 2. The van der Waals surface area contributed by atoms with Gasteiger partial charge in [0, 0.05) is 6.54 Å². The first-order chi connectivity index (χ1) is 9.42. The molecule has 0 spiro atoms. The highest BCUT2D eigenvalue weighted by molar-refractivity contribution is 5.63. The van der Waals surface area contributed by atoms with E-state index in [1.165, 1.54) is 49.0 Å². The molecule has 0 aromatic heterocycles. The fourth-order valence-corrected chi connectivity index (χ4v) is 2.86. The molecule has 0 radical (unpaired) electrons. The average Bonchev–Trinajstić information content (AvgIpc) is 2.49. The van der Waals surface area contributed by atoms with E-state index in [2.05, 4.69) is 59.5 Å². The molecule has 0 saturated carbocycles. The third kappa shape index (κ3) is 3.24. The Morgan fingerprint density at radius 2 is 1.47 bits per heavy atom. The minimum atomic E-state index is 1.10. The monoisotopic (exact) mass is 251 g/mol. The Kier molecular flexibility index (Phi) is 3.95. The van der Waals surface area contributed by atoms with Crippen molar-refractivity contribution >= 4 is 0 Å². The molecule has 1 heterocycles. The van der Waals surface area contributed by atoms with Gasteiger partial charge in [0.1, 0.15) is 0 Å². The molecule has 1 aliphatic heterocycles. The quantitative estimate of drug-likeness (QED) is 0.784. The third-order valence-corrected chi connectivity index (χ3v) is 3.89. The van der Waals surface area contributed by atoms with Crippen LogP contribution in [0.5, 0.6) is 0 Å². The second-order valence-corrected chi connectivity index (χ2v) is 5.40. The Morgan fingerprint density at radius 1 is 0.737 bits per heavy atom. The fourth-order valence-electron chi connectivity index (χ4n) is 2.86. The summed E-state index contributed by atoms with van der Waals surface area (Å²) in [6.45, 7) is 3.62. The van der Waals surface area contributed by atoms with Crippen LogP contribution < -0.4 is 0 Å². The van der Waals surface area contributed by atoms with Crippen molar-refractivity contribution in [1.29, 1.82) is 0 Å². The summed E-state index contributed by atoms with van der Waals surface area (Å²) >= 11 is 0. The maximum atomic E-state index is 2.58. The second kappa shape index (κ2) is 6.03. The SMILES string of the molecule is c1ccc(-c2cccc(CN3CCCCC3)c2)cc1. The van der Waals surface area contributed by atoms with Crippen LogP contribution >= 0.6 is 0 Å². The van der Waals surface area contributed by atoms with Gasteiger partial charge < -0.3 is 0 Å². The van der Waals surface area contributed by atoms with Crippen LogP contribution in [0.1, 0.15) is 24.8 Å². The van der Waals surface area contributed by atoms with E-state index in [0.29, 0.717) is 0 Å². The topological polar surface area (TPSA) is 3.24 Å². The van der Waals surface area contributed by atoms with Gasteiger partial charge in [-0.2, -0.15) is 0 Å². The summed E-state index contributed by atoms with van der Waals surface area (Å²) < 4.78 is 0. The number of piperidine rings is 1. The maximum Gasteiger partial charge on any atom is 0.0233 e. The lowest BCUT2D eigenvalue weighted by Gasteiger charge is -2.26. The molecule has 0 aliphatic carbocycles. The van der Waals surface area contributed by atoms with Gasteiger partial charge in [-0.1, -0.05) is 55.0 Å². The van der Waals surface area contributed by atoms with Crippen molar-refractivity contribution in [3.8, 4) is 11.1 Å². The highest BCUT2D eigenvalue weighted by Crippen LogP contribution is 2.21. The van der Waals surface area contributed by atoms with E-state index in [9.17, 15) is 0 Å². The van der Waals surface area contributed by atoms with Crippen LogP contribution in [0.3, 0.4) is 0 Å². The van der Waals surface area contributed by atoms with Crippen molar-refractivity contribution in [3.05, 3.63) is 60.2 Å². The third-order valence-electron chi connectivity index (χ3n) is 3.89. The van der Waals surface area contributed by atoms with Gasteiger partial charge in [0.15, 0.2) is 0 Å². The van der Waals surface area contributed by atoms with Crippen LogP contribution in [0, 0.1) is 0 Å². The summed E-state index contributed by atoms with van der Waals surface area (Å²) in [4.78, 5) is 2.58. The standard InChI is InChI=1S/C18H21N/c1-3-9-17(10-4-1)18-11-7-8-16(14-18)15-19-12-5-2-6-13-19/h1,3-4,7-11,14H,2,5-6,12-13,15H2. The fraction of sp³-hybridized carbons (Fsp3) is 0.333. The zero-order valence-electron chi connectivity index (χ0n) is 11.4. The average molecular weight is 251 g/mol. The molecule has 98 valence electrons. The Hall–Kier alpha value is -1.60. The molecular weight excluding hydrogens is 230 g/mol. The Morgan fingerprint density at radius 3 is 2.26 bits per heavy atom. The smallest absolute Gasteiger partial charge is 0.0233 e. The first-order valence-electron chi connectivity index (χ1n) is 7.28. The molecule has 0 amide bonds. The molecule has 3 rings (SSSR count). The molecule has 2 aromatic carbocycles. The van der Waals surface area contributed by atoms with Gasteiger partial charge in [0.2, 0.25) is 0 Å². The van der Waals surface area contributed by atoms with E-state index >= 15 is 0 Å². The lowest BCUT2D eigenvalue weighted by molar-refractivity contribution is 0.221. The molecule has 1 fully saturated rings. The van der Waals surface area contributed by atoms with Gasteiger partial charge in [-0.25, -0.2) is 0 Å². The first kappa shape index (κ1) is 12.4. The molecule has 1 heteroatoms. The van der Waals surface area contributed by atoms with Gasteiger partial charge in [0.25, 0.3) is 0 Å². The zero-order chi connectivity index (χ0) is 12.9. The second-order valence-electron chi connectivity index (χ2n) is 5.40. The molecule has 0 N–H and O–H groups in total. The summed E-state index contributed by atoms with van der Waals surface area (Å²) in [5, 5.41) is 0. The van der Waals surface area contributed by atoms with Crippen molar-refractivity contribution in [2.45, 2.75) is 25.8 Å². The summed E-state index contributed by atoms with van der Waals surface area (Å²) in [5.74, 6) is 0. The minimum absolute atomic E-state index is 1.10. The van der Waals surface area contributed by atoms with Crippen LogP contribution in [0.15, 0.2) is 54.6 Å². The normalized spacial score (nSPS) is 16.4. The summed E-state index contributed by atoms with van der Waals surface area (Å²) in [6, 6.07) is 19.6. The summed E-state index contributed by atoms with van der Waals surface area (Å²) in [5.41, 5.74) is 4.07. The number of rotatable bonds is 3. The highest BCUT2D eigenvalue weighted by Gasteiger charge is 2.10. The van der Waals surface area contributed by atoms with E-state index < -0.39 is 0 Å². The van der Waals surface area contributed by atoms with Crippen molar-refractivity contribution in [2.75, 3.05) is 13.1 Å². The number of hydrogen-bond acceptors (Lipinski definition) is 1. The zero-order valence-corrected chi connectivity index (χ0v) is 11.4. The van der Waals surface area contributed by atoms with E-state index in [1.807, 2.05) is 0 Å². The van der Waals surface area contributed by atoms with Crippen molar-refractivity contribution in [1.82, 2.24) is 4.90 Å². The predicted octanol–water partition coefficient (Wildman–Crippen LogP) is 4.34. The molecule has 0 atom stereocenters. The van der Waals surface area contributed by atoms with Crippen LogP contribution in [-0.4, -0.2) is 18.0 Å². The van der Waals surface area contributed by atoms with Crippen LogP contribution in [-0.2, 0) is 6.54 Å². The van der Waals surface area contributed by atoms with E-state index in [4.69, 9.17) is 0 Å². The maximum absolute atomic E-state index is 2.58. The van der Waals surface area contributed by atoms with Crippen LogP contribution in [0.25, 0.3) is 11.1 Å². The molecule has 0 unspecified atom stereocenters. The molecule has 19 heavy (non-hydrogen) atoms. The van der Waals surface area contributed by atoms with Crippen molar-refractivity contribution in [2.24, 2.45) is 0 Å². The van der Waals surface area contributed by atoms with E-state index in [1.54, 1.807) is 0 Å². The van der Waals surface area contributed by atoms with Gasteiger partial charge in [-0.3, -0.25) is 4.90 Å². The molecule has 2 aromatic rings. The van der Waals surface area contributed by atoms with E-state index in [0.717, 1.165) is 6.54 Å². The van der Waals surface area contributed by atoms with Gasteiger partial charge >= 0.3 is 0 Å². The Balaban J connectivity index is 1.76. The number of likely N-dealkylation sites (tertiary alicyclic amines) is 1. The van der Waals surface area contributed by atoms with Gasteiger partial charge in [-0.05, 0) is 48.7 Å². The first-order valence-corrected chi connectivity index (χ1v) is 7.28. The Labute approximate surface area is 115 Å². The minimum Gasteiger partial charge on any atom is -0.299 e. The largest absolute Gasteiger partial charge is 0.299 e.